The Morgan fingerprint density at radius 2 is 2.00 bits per heavy atom. The summed E-state index contributed by atoms with van der Waals surface area (Å²) >= 11 is 0. The molecule has 5 heteroatoms. The monoisotopic (exact) mass is 272 g/mol. The van der Waals surface area contributed by atoms with Crippen molar-refractivity contribution in [1.29, 1.82) is 0 Å². The van der Waals surface area contributed by atoms with Crippen LogP contribution in [0.2, 0.25) is 0 Å². The van der Waals surface area contributed by atoms with Gasteiger partial charge in [0.1, 0.15) is 5.76 Å². The summed E-state index contributed by atoms with van der Waals surface area (Å²) in [5.74, 6) is 0.134. The number of carbonyl (C=O) groups excluding carboxylic acids is 2. The van der Waals surface area contributed by atoms with E-state index in [4.69, 9.17) is 4.42 Å². The molecule has 1 aromatic heterocycles. The molecule has 0 atom stereocenters. The van der Waals surface area contributed by atoms with Gasteiger partial charge in [0.2, 0.25) is 0 Å². The van der Waals surface area contributed by atoms with E-state index >= 15 is 0 Å². The molecule has 0 unspecified atom stereocenters. The molecule has 104 valence electrons. The average molecular weight is 272 g/mol. The maximum absolute atomic E-state index is 12.0. The van der Waals surface area contributed by atoms with E-state index in [9.17, 15) is 9.59 Å². The number of benzene rings is 1. The average Bonchev–Trinajstić information content (AvgIpc) is 2.85. The van der Waals surface area contributed by atoms with Gasteiger partial charge in [0.05, 0.1) is 11.8 Å². The Balaban J connectivity index is 2.14. The van der Waals surface area contributed by atoms with Crippen molar-refractivity contribution in [2.24, 2.45) is 0 Å². The number of rotatable bonds is 4. The van der Waals surface area contributed by atoms with Gasteiger partial charge in [-0.15, -0.1) is 0 Å². The zero-order valence-corrected chi connectivity index (χ0v) is 11.4. The van der Waals surface area contributed by atoms with E-state index in [2.05, 4.69) is 10.6 Å². The number of amides is 2. The molecule has 2 aromatic rings. The van der Waals surface area contributed by atoms with Crippen LogP contribution in [0, 0.1) is 6.92 Å². The minimum atomic E-state index is -0.260. The standard InChI is InChI=1S/C15H16N2O3/c1-3-16-14(18)11-5-4-6-12(9-11)17-15(19)13-7-8-20-10(13)2/h4-9H,3H2,1-2H3,(H,16,18)(H,17,19). The van der Waals surface area contributed by atoms with Crippen LogP contribution in [0.5, 0.6) is 0 Å². The maximum atomic E-state index is 12.0. The maximum Gasteiger partial charge on any atom is 0.259 e. The molecule has 5 nitrogen and oxygen atoms in total. The van der Waals surface area contributed by atoms with E-state index in [0.29, 0.717) is 29.1 Å². The Morgan fingerprint density at radius 3 is 2.65 bits per heavy atom. The van der Waals surface area contributed by atoms with E-state index in [1.807, 2.05) is 6.92 Å². The van der Waals surface area contributed by atoms with Crippen LogP contribution < -0.4 is 10.6 Å². The lowest BCUT2D eigenvalue weighted by molar-refractivity contribution is 0.0954. The van der Waals surface area contributed by atoms with Crippen molar-refractivity contribution in [1.82, 2.24) is 5.32 Å². The molecule has 0 aliphatic carbocycles. The predicted octanol–water partition coefficient (Wildman–Crippen LogP) is 2.59. The molecule has 0 aliphatic rings. The molecule has 2 rings (SSSR count). The quantitative estimate of drug-likeness (QED) is 0.898. The smallest absolute Gasteiger partial charge is 0.259 e. The van der Waals surface area contributed by atoms with Gasteiger partial charge in [0.25, 0.3) is 11.8 Å². The van der Waals surface area contributed by atoms with Crippen molar-refractivity contribution in [3.8, 4) is 0 Å². The van der Waals surface area contributed by atoms with Gasteiger partial charge < -0.3 is 15.1 Å². The number of carbonyl (C=O) groups is 2. The highest BCUT2D eigenvalue weighted by Crippen LogP contribution is 2.14. The zero-order chi connectivity index (χ0) is 14.5. The Kier molecular flexibility index (Phi) is 4.20. The van der Waals surface area contributed by atoms with E-state index in [-0.39, 0.29) is 11.8 Å². The van der Waals surface area contributed by atoms with E-state index in [1.54, 1.807) is 37.3 Å². The first-order chi connectivity index (χ1) is 9.61. The summed E-state index contributed by atoms with van der Waals surface area (Å²) in [5, 5.41) is 5.46. The van der Waals surface area contributed by atoms with Gasteiger partial charge in [-0.2, -0.15) is 0 Å². The third kappa shape index (κ3) is 3.06. The first-order valence-electron chi connectivity index (χ1n) is 6.35. The lowest BCUT2D eigenvalue weighted by atomic mass is 10.1. The molecule has 1 heterocycles. The number of hydrogen-bond acceptors (Lipinski definition) is 3. The lowest BCUT2D eigenvalue weighted by Crippen LogP contribution is -2.22. The van der Waals surface area contributed by atoms with Crippen molar-refractivity contribution in [3.05, 3.63) is 53.5 Å². The van der Waals surface area contributed by atoms with Crippen molar-refractivity contribution in [3.63, 3.8) is 0 Å². The van der Waals surface area contributed by atoms with E-state index in [1.165, 1.54) is 6.26 Å². The Hall–Kier alpha value is -2.56. The van der Waals surface area contributed by atoms with Gasteiger partial charge in [0.15, 0.2) is 0 Å². The van der Waals surface area contributed by atoms with Gasteiger partial charge in [-0.3, -0.25) is 9.59 Å². The molecule has 0 bridgehead atoms. The lowest BCUT2D eigenvalue weighted by Gasteiger charge is -2.07. The first-order valence-corrected chi connectivity index (χ1v) is 6.35. The summed E-state index contributed by atoms with van der Waals surface area (Å²) in [6.07, 6.45) is 1.47. The van der Waals surface area contributed by atoms with Crippen molar-refractivity contribution < 1.29 is 14.0 Å². The number of furan rings is 1. The summed E-state index contributed by atoms with van der Waals surface area (Å²) < 4.78 is 5.09. The van der Waals surface area contributed by atoms with Crippen LogP contribution in [0.1, 0.15) is 33.4 Å². The van der Waals surface area contributed by atoms with Crippen LogP contribution >= 0.6 is 0 Å². The Bertz CT molecular complexity index is 632. The summed E-state index contributed by atoms with van der Waals surface area (Å²) in [4.78, 5) is 23.8. The molecule has 0 aliphatic heterocycles. The fraction of sp³-hybridized carbons (Fsp3) is 0.200. The highest BCUT2D eigenvalue weighted by atomic mass is 16.3. The van der Waals surface area contributed by atoms with E-state index in [0.717, 1.165) is 0 Å². The molecule has 2 N–H and O–H groups in total. The van der Waals surface area contributed by atoms with Gasteiger partial charge in [-0.25, -0.2) is 0 Å². The third-order valence-electron chi connectivity index (χ3n) is 2.82. The summed E-state index contributed by atoms with van der Waals surface area (Å²) in [7, 11) is 0. The highest BCUT2D eigenvalue weighted by molar-refractivity contribution is 6.05. The topological polar surface area (TPSA) is 71.3 Å². The molecule has 0 saturated heterocycles. The van der Waals surface area contributed by atoms with E-state index < -0.39 is 0 Å². The van der Waals surface area contributed by atoms with Gasteiger partial charge >= 0.3 is 0 Å². The highest BCUT2D eigenvalue weighted by Gasteiger charge is 2.12. The molecule has 0 radical (unpaired) electrons. The Morgan fingerprint density at radius 1 is 1.20 bits per heavy atom. The van der Waals surface area contributed by atoms with Crippen molar-refractivity contribution >= 4 is 17.5 Å². The van der Waals surface area contributed by atoms with Crippen LogP contribution in [0.15, 0.2) is 41.0 Å². The van der Waals surface area contributed by atoms with Crippen LogP contribution in [0.25, 0.3) is 0 Å². The summed E-state index contributed by atoms with van der Waals surface area (Å²) in [6.45, 7) is 4.13. The second kappa shape index (κ2) is 6.06. The van der Waals surface area contributed by atoms with Crippen molar-refractivity contribution in [2.45, 2.75) is 13.8 Å². The van der Waals surface area contributed by atoms with Crippen molar-refractivity contribution in [2.75, 3.05) is 11.9 Å². The van der Waals surface area contributed by atoms with Crippen LogP contribution in [0.3, 0.4) is 0 Å². The van der Waals surface area contributed by atoms with Gasteiger partial charge in [0, 0.05) is 17.8 Å². The summed E-state index contributed by atoms with van der Waals surface area (Å²) in [6, 6.07) is 8.40. The zero-order valence-electron chi connectivity index (χ0n) is 11.4. The van der Waals surface area contributed by atoms with Gasteiger partial charge in [-0.1, -0.05) is 6.07 Å². The molecule has 20 heavy (non-hydrogen) atoms. The molecule has 0 spiro atoms. The summed E-state index contributed by atoms with van der Waals surface area (Å²) in [5.41, 5.74) is 1.56. The predicted molar refractivity (Wildman–Crippen MR) is 75.8 cm³/mol. The molecule has 2 amide bonds. The number of anilines is 1. The normalized spacial score (nSPS) is 10.1. The van der Waals surface area contributed by atoms with Gasteiger partial charge in [-0.05, 0) is 38.1 Å². The minimum Gasteiger partial charge on any atom is -0.469 e. The number of nitrogens with one attached hydrogen (secondary N) is 2. The second-order valence-corrected chi connectivity index (χ2v) is 4.28. The molecular weight excluding hydrogens is 256 g/mol. The molecule has 1 aromatic carbocycles. The number of hydrogen-bond donors (Lipinski definition) is 2. The first kappa shape index (κ1) is 13.9. The largest absolute Gasteiger partial charge is 0.469 e. The molecular formula is C15H16N2O3. The van der Waals surface area contributed by atoms with Crippen LogP contribution in [0.4, 0.5) is 5.69 Å². The fourth-order valence-corrected chi connectivity index (χ4v) is 1.82. The minimum absolute atomic E-state index is 0.164. The SMILES string of the molecule is CCNC(=O)c1cccc(NC(=O)c2ccoc2C)c1. The third-order valence-corrected chi connectivity index (χ3v) is 2.82. The molecule has 0 fully saturated rings. The van der Waals surface area contributed by atoms with Crippen LogP contribution in [-0.2, 0) is 0 Å². The fourth-order valence-electron chi connectivity index (χ4n) is 1.82. The molecule has 0 saturated carbocycles. The Labute approximate surface area is 117 Å². The number of aryl methyl sites for hydroxylation is 1. The van der Waals surface area contributed by atoms with Crippen LogP contribution in [-0.4, -0.2) is 18.4 Å². The second-order valence-electron chi connectivity index (χ2n) is 4.28.